The molecule has 0 saturated carbocycles. The van der Waals surface area contributed by atoms with E-state index >= 15 is 0 Å². The molecule has 0 spiro atoms. The van der Waals surface area contributed by atoms with Crippen molar-refractivity contribution in [2.75, 3.05) is 5.32 Å². The topological polar surface area (TPSA) is 112 Å². The smallest absolute Gasteiger partial charge is 0.305 e. The molecule has 1 heterocycles. The predicted octanol–water partition coefficient (Wildman–Crippen LogP) is 6.64. The lowest BCUT2D eigenvalue weighted by Gasteiger charge is -2.20. The predicted molar refractivity (Wildman–Crippen MR) is 163 cm³/mol. The van der Waals surface area contributed by atoms with Gasteiger partial charge in [0.1, 0.15) is 5.82 Å². The third-order valence-corrected chi connectivity index (χ3v) is 6.68. The van der Waals surface area contributed by atoms with Crippen LogP contribution in [0.2, 0.25) is 0 Å². The Morgan fingerprint density at radius 2 is 1.48 bits per heavy atom. The number of amides is 1. The summed E-state index contributed by atoms with van der Waals surface area (Å²) < 4.78 is 15.5. The van der Waals surface area contributed by atoms with Gasteiger partial charge in [0.05, 0.1) is 24.2 Å². The molecule has 0 aliphatic rings. The Kier molecular flexibility index (Phi) is 12.0. The minimum absolute atomic E-state index is 0.0459. The molecule has 4 aromatic rings. The van der Waals surface area contributed by atoms with Crippen molar-refractivity contribution in [3.05, 3.63) is 114 Å². The third kappa shape index (κ3) is 9.68. The minimum Gasteiger partial charge on any atom is -0.481 e. The Labute approximate surface area is 246 Å². The number of aliphatic hydroxyl groups excluding tert-OH is 2. The van der Waals surface area contributed by atoms with Crippen LogP contribution in [-0.4, -0.2) is 44.0 Å². The summed E-state index contributed by atoms with van der Waals surface area (Å²) >= 11 is 0. The summed E-state index contributed by atoms with van der Waals surface area (Å²) in [6.07, 6.45) is -2.37. The number of rotatable bonds is 11. The van der Waals surface area contributed by atoms with Gasteiger partial charge >= 0.3 is 5.97 Å². The second kappa shape index (κ2) is 15.7. The number of aryl methyl sites for hydroxylation is 1. The monoisotopic (exact) mass is 574 g/mol. The lowest BCUT2D eigenvalue weighted by molar-refractivity contribution is -0.139. The van der Waals surface area contributed by atoms with Gasteiger partial charge in [-0.2, -0.15) is 0 Å². The summed E-state index contributed by atoms with van der Waals surface area (Å²) in [7, 11) is 0. The van der Waals surface area contributed by atoms with Gasteiger partial charge in [-0.05, 0) is 73.7 Å². The number of halogens is 1. The Hall–Kier alpha value is -4.27. The van der Waals surface area contributed by atoms with Gasteiger partial charge < -0.3 is 25.2 Å². The van der Waals surface area contributed by atoms with Crippen LogP contribution in [0.1, 0.15) is 60.6 Å². The summed E-state index contributed by atoms with van der Waals surface area (Å²) in [6, 6.07) is 27.1. The molecule has 0 bridgehead atoms. The Balaban J connectivity index is 0.000000603. The first kappa shape index (κ1) is 32.2. The fourth-order valence-corrected chi connectivity index (χ4v) is 4.72. The van der Waals surface area contributed by atoms with Crippen molar-refractivity contribution in [3.8, 4) is 11.3 Å². The Bertz CT molecular complexity index is 1420. The molecule has 1 amide bonds. The molecule has 222 valence electrons. The van der Waals surface area contributed by atoms with Crippen LogP contribution in [0.25, 0.3) is 11.3 Å². The zero-order chi connectivity index (χ0) is 30.6. The number of carboxylic acid groups (broad SMARTS) is 1. The van der Waals surface area contributed by atoms with E-state index in [4.69, 9.17) is 5.11 Å². The van der Waals surface area contributed by atoms with E-state index in [1.807, 2.05) is 54.8 Å². The van der Waals surface area contributed by atoms with Gasteiger partial charge in [0, 0.05) is 23.6 Å². The average Bonchev–Trinajstić information content (AvgIpc) is 3.33. The van der Waals surface area contributed by atoms with Crippen LogP contribution in [0.4, 0.5) is 10.1 Å². The van der Waals surface area contributed by atoms with Gasteiger partial charge in [-0.15, -0.1) is 0 Å². The van der Waals surface area contributed by atoms with Gasteiger partial charge in [-0.25, -0.2) is 4.39 Å². The largest absolute Gasteiger partial charge is 0.481 e. The zero-order valence-corrected chi connectivity index (χ0v) is 24.2. The SMILES string of the molecule is CC(C)c1c(C(=O)Nc2ccccc2)cc(-c2ccc(F)cc2)n1CCC(O)CC(O)CC(=O)O.Cc1ccccc1. The summed E-state index contributed by atoms with van der Waals surface area (Å²) in [4.78, 5) is 24.1. The first-order chi connectivity index (χ1) is 20.0. The van der Waals surface area contributed by atoms with E-state index in [1.54, 1.807) is 30.3 Å². The molecular formula is C34H39FN2O5. The normalized spacial score (nSPS) is 12.3. The number of aliphatic hydroxyl groups is 2. The van der Waals surface area contributed by atoms with Crippen LogP contribution in [0.5, 0.6) is 0 Å². The highest BCUT2D eigenvalue weighted by Crippen LogP contribution is 2.32. The molecule has 2 atom stereocenters. The maximum atomic E-state index is 13.6. The van der Waals surface area contributed by atoms with Gasteiger partial charge in [-0.1, -0.05) is 67.9 Å². The second-order valence-electron chi connectivity index (χ2n) is 10.5. The van der Waals surface area contributed by atoms with E-state index in [-0.39, 0.29) is 30.5 Å². The van der Waals surface area contributed by atoms with E-state index < -0.39 is 24.6 Å². The standard InChI is InChI=1S/C27H31FN2O5.C7H8/c1-17(2)26-23(27(35)29-20-6-4-3-5-7-20)16-24(18-8-10-19(28)11-9-18)30(26)13-12-21(31)14-22(32)15-25(33)34;1-7-5-3-2-4-6-7/h3-11,16-17,21-22,31-32H,12-15H2,1-2H3,(H,29,35)(H,33,34);2-6H,1H3. The van der Waals surface area contributed by atoms with Crippen molar-refractivity contribution < 1.29 is 29.3 Å². The van der Waals surface area contributed by atoms with Gasteiger partial charge in [-0.3, -0.25) is 9.59 Å². The Morgan fingerprint density at radius 3 is 2.00 bits per heavy atom. The number of hydrogen-bond donors (Lipinski definition) is 4. The first-order valence-corrected chi connectivity index (χ1v) is 14.0. The van der Waals surface area contributed by atoms with E-state index in [1.165, 1.54) is 17.7 Å². The molecule has 8 heteroatoms. The number of para-hydroxylation sites is 1. The summed E-state index contributed by atoms with van der Waals surface area (Å²) in [5.74, 6) is -1.83. The molecule has 2 unspecified atom stereocenters. The fraction of sp³-hybridized carbons (Fsp3) is 0.294. The highest BCUT2D eigenvalue weighted by Gasteiger charge is 2.24. The molecule has 1 aromatic heterocycles. The van der Waals surface area contributed by atoms with Gasteiger partial charge in [0.15, 0.2) is 0 Å². The molecule has 3 aromatic carbocycles. The van der Waals surface area contributed by atoms with E-state index in [0.29, 0.717) is 29.1 Å². The average molecular weight is 575 g/mol. The van der Waals surface area contributed by atoms with Gasteiger partial charge in [0.2, 0.25) is 0 Å². The van der Waals surface area contributed by atoms with Crippen molar-refractivity contribution in [1.29, 1.82) is 0 Å². The van der Waals surface area contributed by atoms with Gasteiger partial charge in [0.25, 0.3) is 5.91 Å². The van der Waals surface area contributed by atoms with Crippen LogP contribution in [0, 0.1) is 12.7 Å². The molecule has 0 aliphatic heterocycles. The number of carbonyl (C=O) groups excluding carboxylic acids is 1. The summed E-state index contributed by atoms with van der Waals surface area (Å²) in [6.45, 7) is 6.33. The van der Waals surface area contributed by atoms with Crippen molar-refractivity contribution in [1.82, 2.24) is 4.57 Å². The maximum absolute atomic E-state index is 13.6. The summed E-state index contributed by atoms with van der Waals surface area (Å²) in [5.41, 5.74) is 4.63. The lowest BCUT2D eigenvalue weighted by atomic mass is 10.0. The molecule has 0 radical (unpaired) electrons. The minimum atomic E-state index is -1.15. The van der Waals surface area contributed by atoms with E-state index in [9.17, 15) is 24.2 Å². The fourth-order valence-electron chi connectivity index (χ4n) is 4.72. The summed E-state index contributed by atoms with van der Waals surface area (Å²) in [5, 5.41) is 32.1. The number of aliphatic carboxylic acids is 1. The van der Waals surface area contributed by atoms with E-state index in [0.717, 1.165) is 5.69 Å². The first-order valence-electron chi connectivity index (χ1n) is 14.0. The number of nitrogens with zero attached hydrogens (tertiary/aromatic N) is 1. The molecule has 4 N–H and O–H groups in total. The number of hydrogen-bond acceptors (Lipinski definition) is 4. The van der Waals surface area contributed by atoms with Crippen LogP contribution < -0.4 is 5.32 Å². The third-order valence-electron chi connectivity index (χ3n) is 6.68. The second-order valence-corrected chi connectivity index (χ2v) is 10.5. The number of carboxylic acids is 1. The van der Waals surface area contributed by atoms with Crippen molar-refractivity contribution in [2.45, 2.75) is 64.7 Å². The van der Waals surface area contributed by atoms with Crippen LogP contribution in [-0.2, 0) is 11.3 Å². The molecule has 42 heavy (non-hydrogen) atoms. The van der Waals surface area contributed by atoms with Crippen LogP contribution >= 0.6 is 0 Å². The highest BCUT2D eigenvalue weighted by atomic mass is 19.1. The highest BCUT2D eigenvalue weighted by molar-refractivity contribution is 6.06. The van der Waals surface area contributed by atoms with Crippen LogP contribution in [0.3, 0.4) is 0 Å². The van der Waals surface area contributed by atoms with E-state index in [2.05, 4.69) is 24.4 Å². The quantitative estimate of drug-likeness (QED) is 0.160. The number of aromatic nitrogens is 1. The van der Waals surface area contributed by atoms with Crippen molar-refractivity contribution in [3.63, 3.8) is 0 Å². The molecule has 4 rings (SSSR count). The van der Waals surface area contributed by atoms with Crippen molar-refractivity contribution in [2.24, 2.45) is 0 Å². The van der Waals surface area contributed by atoms with Crippen molar-refractivity contribution >= 4 is 17.6 Å². The molecule has 0 saturated heterocycles. The number of anilines is 1. The van der Waals surface area contributed by atoms with Crippen LogP contribution in [0.15, 0.2) is 91.0 Å². The zero-order valence-electron chi connectivity index (χ0n) is 24.2. The molecule has 0 aliphatic carbocycles. The molecular weight excluding hydrogens is 535 g/mol. The number of nitrogens with one attached hydrogen (secondary N) is 1. The Morgan fingerprint density at radius 1 is 0.881 bits per heavy atom. The lowest BCUT2D eigenvalue weighted by Crippen LogP contribution is -2.22. The number of benzene rings is 3. The maximum Gasteiger partial charge on any atom is 0.305 e. The molecule has 7 nitrogen and oxygen atoms in total. The molecule has 0 fully saturated rings. The number of carbonyl (C=O) groups is 2.